The summed E-state index contributed by atoms with van der Waals surface area (Å²) in [5, 5.41) is 5.59. The third-order valence-electron chi connectivity index (χ3n) is 4.77. The zero-order chi connectivity index (χ0) is 20.1. The van der Waals surface area contributed by atoms with E-state index in [9.17, 15) is 14.4 Å². The number of nitrogens with one attached hydrogen (secondary N) is 2. The molecule has 1 saturated heterocycles. The Morgan fingerprint density at radius 3 is 2.39 bits per heavy atom. The number of nitrogens with zero attached hydrogens (tertiary/aromatic N) is 1. The standard InChI is InChI=1S/C21H25N3O4/c1-14-10-15(2)12-16(11-14)20(26)22-13-19(25)23-17-5-7-24(8-6-17)21(27)18-4-3-9-28-18/h3-4,9-12,17H,5-8,13H2,1-2H3,(H,22,26)(H,23,25). The monoisotopic (exact) mass is 383 g/mol. The van der Waals surface area contributed by atoms with Crippen molar-refractivity contribution in [1.29, 1.82) is 0 Å². The van der Waals surface area contributed by atoms with Gasteiger partial charge in [-0.3, -0.25) is 14.4 Å². The van der Waals surface area contributed by atoms with Crippen LogP contribution in [0.5, 0.6) is 0 Å². The van der Waals surface area contributed by atoms with Crippen molar-refractivity contribution in [1.82, 2.24) is 15.5 Å². The molecule has 148 valence electrons. The minimum atomic E-state index is -0.263. The Balaban J connectivity index is 1.42. The first-order valence-corrected chi connectivity index (χ1v) is 9.41. The van der Waals surface area contributed by atoms with E-state index in [0.29, 0.717) is 37.3 Å². The van der Waals surface area contributed by atoms with Gasteiger partial charge in [0.05, 0.1) is 12.8 Å². The van der Waals surface area contributed by atoms with E-state index in [1.807, 2.05) is 19.9 Å². The first-order valence-electron chi connectivity index (χ1n) is 9.41. The summed E-state index contributed by atoms with van der Waals surface area (Å²) in [5.74, 6) is -0.290. The second kappa shape index (κ2) is 8.73. The molecule has 1 aliphatic rings. The molecule has 3 amide bonds. The van der Waals surface area contributed by atoms with Gasteiger partial charge >= 0.3 is 0 Å². The summed E-state index contributed by atoms with van der Waals surface area (Å²) in [7, 11) is 0. The quantitative estimate of drug-likeness (QED) is 0.827. The van der Waals surface area contributed by atoms with Crippen molar-refractivity contribution in [2.24, 2.45) is 0 Å². The molecule has 2 heterocycles. The Hall–Kier alpha value is -3.09. The molecular weight excluding hydrogens is 358 g/mol. The van der Waals surface area contributed by atoms with E-state index in [0.717, 1.165) is 11.1 Å². The molecule has 0 unspecified atom stereocenters. The Kier molecular flexibility index (Phi) is 6.13. The van der Waals surface area contributed by atoms with Crippen LogP contribution < -0.4 is 10.6 Å². The molecule has 0 saturated carbocycles. The van der Waals surface area contributed by atoms with Gasteiger partial charge in [0.1, 0.15) is 0 Å². The molecule has 0 radical (unpaired) electrons. The van der Waals surface area contributed by atoms with Gasteiger partial charge in [0, 0.05) is 24.7 Å². The van der Waals surface area contributed by atoms with Crippen molar-refractivity contribution in [3.8, 4) is 0 Å². The SMILES string of the molecule is Cc1cc(C)cc(C(=O)NCC(=O)NC2CCN(C(=O)c3ccco3)CC2)c1. The molecule has 1 aliphatic heterocycles. The van der Waals surface area contributed by atoms with Crippen LogP contribution in [0.15, 0.2) is 41.0 Å². The predicted octanol–water partition coefficient (Wildman–Crippen LogP) is 2.05. The topological polar surface area (TPSA) is 91.7 Å². The van der Waals surface area contributed by atoms with Gasteiger partial charge in [-0.05, 0) is 51.0 Å². The van der Waals surface area contributed by atoms with Crippen LogP contribution in [-0.2, 0) is 4.79 Å². The number of rotatable bonds is 5. The van der Waals surface area contributed by atoms with Crippen molar-refractivity contribution >= 4 is 17.7 Å². The number of benzene rings is 1. The van der Waals surface area contributed by atoms with Crippen LogP contribution in [0, 0.1) is 13.8 Å². The molecule has 0 spiro atoms. The third kappa shape index (κ3) is 5.00. The molecule has 7 nitrogen and oxygen atoms in total. The van der Waals surface area contributed by atoms with Gasteiger partial charge in [-0.25, -0.2) is 0 Å². The van der Waals surface area contributed by atoms with Crippen LogP contribution in [0.4, 0.5) is 0 Å². The zero-order valence-electron chi connectivity index (χ0n) is 16.2. The Morgan fingerprint density at radius 1 is 1.11 bits per heavy atom. The Morgan fingerprint density at radius 2 is 1.79 bits per heavy atom. The van der Waals surface area contributed by atoms with E-state index in [1.54, 1.807) is 29.2 Å². The maximum Gasteiger partial charge on any atom is 0.289 e. The molecule has 0 atom stereocenters. The van der Waals surface area contributed by atoms with E-state index >= 15 is 0 Å². The second-order valence-corrected chi connectivity index (χ2v) is 7.17. The minimum Gasteiger partial charge on any atom is -0.459 e. The highest BCUT2D eigenvalue weighted by Crippen LogP contribution is 2.14. The number of amides is 3. The zero-order valence-corrected chi connectivity index (χ0v) is 16.2. The fourth-order valence-electron chi connectivity index (χ4n) is 3.43. The lowest BCUT2D eigenvalue weighted by Crippen LogP contribution is -2.48. The van der Waals surface area contributed by atoms with Crippen molar-refractivity contribution < 1.29 is 18.8 Å². The molecule has 1 aromatic heterocycles. The van der Waals surface area contributed by atoms with Crippen molar-refractivity contribution in [3.63, 3.8) is 0 Å². The normalized spacial score (nSPS) is 14.6. The van der Waals surface area contributed by atoms with Crippen LogP contribution in [0.3, 0.4) is 0 Å². The predicted molar refractivity (Wildman–Crippen MR) is 104 cm³/mol. The average molecular weight is 383 g/mol. The van der Waals surface area contributed by atoms with E-state index in [-0.39, 0.29) is 30.3 Å². The minimum absolute atomic E-state index is 0.00809. The molecule has 3 rings (SSSR count). The second-order valence-electron chi connectivity index (χ2n) is 7.17. The van der Waals surface area contributed by atoms with Gasteiger partial charge < -0.3 is 20.0 Å². The summed E-state index contributed by atoms with van der Waals surface area (Å²) >= 11 is 0. The van der Waals surface area contributed by atoms with E-state index < -0.39 is 0 Å². The van der Waals surface area contributed by atoms with Gasteiger partial charge in [-0.1, -0.05) is 17.2 Å². The number of hydrogen-bond donors (Lipinski definition) is 2. The number of carbonyl (C=O) groups is 3. The maximum absolute atomic E-state index is 12.2. The van der Waals surface area contributed by atoms with Crippen LogP contribution in [0.25, 0.3) is 0 Å². The van der Waals surface area contributed by atoms with Gasteiger partial charge in [-0.15, -0.1) is 0 Å². The van der Waals surface area contributed by atoms with Gasteiger partial charge in [0.25, 0.3) is 11.8 Å². The third-order valence-corrected chi connectivity index (χ3v) is 4.77. The highest BCUT2D eigenvalue weighted by atomic mass is 16.3. The van der Waals surface area contributed by atoms with Gasteiger partial charge in [0.2, 0.25) is 5.91 Å². The number of carbonyl (C=O) groups excluding carboxylic acids is 3. The molecule has 2 aromatic rings. The van der Waals surface area contributed by atoms with Crippen molar-refractivity contribution in [2.45, 2.75) is 32.7 Å². The van der Waals surface area contributed by atoms with Gasteiger partial charge in [0.15, 0.2) is 5.76 Å². The fourth-order valence-corrected chi connectivity index (χ4v) is 3.43. The smallest absolute Gasteiger partial charge is 0.289 e. The van der Waals surface area contributed by atoms with Crippen molar-refractivity contribution in [2.75, 3.05) is 19.6 Å². The number of furan rings is 1. The molecule has 1 fully saturated rings. The molecule has 0 aliphatic carbocycles. The summed E-state index contributed by atoms with van der Waals surface area (Å²) in [6.45, 7) is 4.90. The van der Waals surface area contributed by atoms with Crippen LogP contribution >= 0.6 is 0 Å². The average Bonchev–Trinajstić information content (AvgIpc) is 3.20. The Labute approximate surface area is 164 Å². The highest BCUT2D eigenvalue weighted by molar-refractivity contribution is 5.96. The lowest BCUT2D eigenvalue weighted by atomic mass is 10.0. The first kappa shape index (κ1) is 19.7. The number of hydrogen-bond acceptors (Lipinski definition) is 4. The van der Waals surface area contributed by atoms with E-state index in [4.69, 9.17) is 4.42 Å². The molecule has 28 heavy (non-hydrogen) atoms. The maximum atomic E-state index is 12.2. The lowest BCUT2D eigenvalue weighted by Gasteiger charge is -2.31. The number of aryl methyl sites for hydroxylation is 2. The summed E-state index contributed by atoms with van der Waals surface area (Å²) in [6.07, 6.45) is 2.82. The molecular formula is C21H25N3O4. The highest BCUT2D eigenvalue weighted by Gasteiger charge is 2.25. The first-order chi connectivity index (χ1) is 13.4. The van der Waals surface area contributed by atoms with Crippen molar-refractivity contribution in [3.05, 3.63) is 59.0 Å². The Bertz CT molecular complexity index is 832. The van der Waals surface area contributed by atoms with E-state index in [2.05, 4.69) is 10.6 Å². The summed E-state index contributed by atoms with van der Waals surface area (Å²) in [6, 6.07) is 8.91. The molecule has 2 N–H and O–H groups in total. The van der Waals surface area contributed by atoms with E-state index in [1.165, 1.54) is 6.26 Å². The lowest BCUT2D eigenvalue weighted by molar-refractivity contribution is -0.121. The fraction of sp³-hybridized carbons (Fsp3) is 0.381. The van der Waals surface area contributed by atoms with Crippen LogP contribution in [0.2, 0.25) is 0 Å². The van der Waals surface area contributed by atoms with Gasteiger partial charge in [-0.2, -0.15) is 0 Å². The van der Waals surface area contributed by atoms with Crippen LogP contribution in [-0.4, -0.2) is 48.3 Å². The largest absolute Gasteiger partial charge is 0.459 e. The summed E-state index contributed by atoms with van der Waals surface area (Å²) in [4.78, 5) is 38.4. The summed E-state index contributed by atoms with van der Waals surface area (Å²) in [5.41, 5.74) is 2.56. The molecule has 7 heteroatoms. The molecule has 0 bridgehead atoms. The number of piperidine rings is 1. The summed E-state index contributed by atoms with van der Waals surface area (Å²) < 4.78 is 5.14. The number of likely N-dealkylation sites (tertiary alicyclic amines) is 1. The van der Waals surface area contributed by atoms with Crippen LogP contribution in [0.1, 0.15) is 44.9 Å². The molecule has 1 aromatic carbocycles.